The lowest BCUT2D eigenvalue weighted by Gasteiger charge is -2.34. The lowest BCUT2D eigenvalue weighted by Crippen LogP contribution is -2.48. The van der Waals surface area contributed by atoms with E-state index in [1.807, 2.05) is 24.3 Å². The van der Waals surface area contributed by atoms with Crippen LogP contribution in [0.2, 0.25) is 5.02 Å². The number of rotatable bonds is 7. The van der Waals surface area contributed by atoms with Crippen molar-refractivity contribution in [1.82, 2.24) is 19.6 Å². The van der Waals surface area contributed by atoms with Crippen molar-refractivity contribution in [2.75, 3.05) is 26.2 Å². The molecule has 10 heteroatoms. The second kappa shape index (κ2) is 9.80. The van der Waals surface area contributed by atoms with Crippen LogP contribution in [0.15, 0.2) is 60.8 Å². The fourth-order valence-electron chi connectivity index (χ4n) is 3.55. The summed E-state index contributed by atoms with van der Waals surface area (Å²) in [5.41, 5.74) is 1.27. The summed E-state index contributed by atoms with van der Waals surface area (Å²) < 4.78 is 6.96. The second-order valence-electron chi connectivity index (χ2n) is 7.40. The highest BCUT2D eigenvalue weighted by Crippen LogP contribution is 2.26. The molecule has 0 atom stereocenters. The Labute approximate surface area is 189 Å². The number of carbonyl (C=O) groups excluding carboxylic acids is 1. The van der Waals surface area contributed by atoms with E-state index in [4.69, 9.17) is 16.3 Å². The molecule has 0 spiro atoms. The number of carbonyl (C=O) groups is 1. The van der Waals surface area contributed by atoms with Crippen LogP contribution in [-0.4, -0.2) is 56.6 Å². The fraction of sp³-hybridized carbons (Fsp3) is 0.273. The van der Waals surface area contributed by atoms with Crippen molar-refractivity contribution >= 4 is 23.2 Å². The Balaban J connectivity index is 1.31. The maximum atomic E-state index is 12.8. The number of hydrogen-bond acceptors (Lipinski definition) is 6. The summed E-state index contributed by atoms with van der Waals surface area (Å²) in [6, 6.07) is 15.5. The second-order valence-corrected chi connectivity index (χ2v) is 7.81. The minimum absolute atomic E-state index is 0.0380. The number of nitro benzene ring substituents is 1. The average molecular weight is 456 g/mol. The highest BCUT2D eigenvalue weighted by atomic mass is 35.5. The van der Waals surface area contributed by atoms with Gasteiger partial charge in [-0.1, -0.05) is 41.9 Å². The number of ether oxygens (including phenoxy) is 1. The molecule has 1 fully saturated rings. The maximum absolute atomic E-state index is 12.8. The van der Waals surface area contributed by atoms with Crippen LogP contribution in [0.1, 0.15) is 16.1 Å². The molecule has 1 saturated heterocycles. The van der Waals surface area contributed by atoms with Gasteiger partial charge in [-0.2, -0.15) is 5.10 Å². The third-order valence-electron chi connectivity index (χ3n) is 5.29. The molecule has 0 radical (unpaired) electrons. The van der Waals surface area contributed by atoms with Crippen LogP contribution in [0, 0.1) is 10.1 Å². The van der Waals surface area contributed by atoms with Gasteiger partial charge in [0.25, 0.3) is 5.91 Å². The van der Waals surface area contributed by atoms with E-state index >= 15 is 0 Å². The molecule has 0 N–H and O–H groups in total. The van der Waals surface area contributed by atoms with E-state index in [0.717, 1.165) is 30.2 Å². The van der Waals surface area contributed by atoms with Crippen LogP contribution in [0.4, 0.5) is 5.69 Å². The van der Waals surface area contributed by atoms with Gasteiger partial charge in [-0.05, 0) is 23.8 Å². The Kier molecular flexibility index (Phi) is 6.67. The van der Waals surface area contributed by atoms with Gasteiger partial charge in [-0.25, -0.2) is 4.68 Å². The third kappa shape index (κ3) is 5.06. The van der Waals surface area contributed by atoms with Crippen LogP contribution in [0.3, 0.4) is 0 Å². The van der Waals surface area contributed by atoms with Gasteiger partial charge in [0.1, 0.15) is 0 Å². The maximum Gasteiger partial charge on any atom is 0.311 e. The standard InChI is InChI=1S/C22H22ClN5O4/c23-18-6-2-1-5-17(18)15-25-11-13-26(14-12-25)22(29)19-9-10-27(24-19)16-32-21-8-4-3-7-20(21)28(30)31/h1-10H,11-16H2. The molecule has 1 aliphatic heterocycles. The topological polar surface area (TPSA) is 93.7 Å². The monoisotopic (exact) mass is 455 g/mol. The first-order chi connectivity index (χ1) is 15.5. The van der Waals surface area contributed by atoms with Crippen molar-refractivity contribution in [2.24, 2.45) is 0 Å². The zero-order chi connectivity index (χ0) is 22.5. The quantitative estimate of drug-likeness (QED) is 0.400. The van der Waals surface area contributed by atoms with E-state index in [1.54, 1.807) is 29.3 Å². The summed E-state index contributed by atoms with van der Waals surface area (Å²) in [5, 5.41) is 16.1. The Bertz CT molecular complexity index is 1110. The van der Waals surface area contributed by atoms with E-state index in [9.17, 15) is 14.9 Å². The largest absolute Gasteiger partial charge is 0.464 e. The van der Waals surface area contributed by atoms with Crippen molar-refractivity contribution in [3.8, 4) is 5.75 Å². The lowest BCUT2D eigenvalue weighted by atomic mass is 10.2. The van der Waals surface area contributed by atoms with Crippen molar-refractivity contribution in [3.63, 3.8) is 0 Å². The van der Waals surface area contributed by atoms with Gasteiger partial charge in [0.2, 0.25) is 0 Å². The number of amides is 1. The van der Waals surface area contributed by atoms with Gasteiger partial charge in [0, 0.05) is 50.0 Å². The molecule has 0 bridgehead atoms. The van der Waals surface area contributed by atoms with E-state index in [-0.39, 0.29) is 24.1 Å². The van der Waals surface area contributed by atoms with Crippen molar-refractivity contribution in [2.45, 2.75) is 13.3 Å². The smallest absolute Gasteiger partial charge is 0.311 e. The number of halogens is 1. The molecule has 4 rings (SSSR count). The highest BCUT2D eigenvalue weighted by molar-refractivity contribution is 6.31. The molecule has 1 aromatic heterocycles. The first kappa shape index (κ1) is 21.8. The van der Waals surface area contributed by atoms with Gasteiger partial charge < -0.3 is 9.64 Å². The molecule has 3 aromatic rings. The number of nitrogens with zero attached hydrogens (tertiary/aromatic N) is 5. The van der Waals surface area contributed by atoms with E-state index in [1.165, 1.54) is 16.8 Å². The van der Waals surface area contributed by atoms with Gasteiger partial charge in [0.15, 0.2) is 18.2 Å². The normalized spacial score (nSPS) is 14.3. The highest BCUT2D eigenvalue weighted by Gasteiger charge is 2.24. The van der Waals surface area contributed by atoms with E-state index in [0.29, 0.717) is 18.8 Å². The lowest BCUT2D eigenvalue weighted by molar-refractivity contribution is -0.386. The molecule has 0 saturated carbocycles. The number of piperazine rings is 1. The minimum Gasteiger partial charge on any atom is -0.464 e. The third-order valence-corrected chi connectivity index (χ3v) is 5.65. The first-order valence-corrected chi connectivity index (χ1v) is 10.5. The fourth-order valence-corrected chi connectivity index (χ4v) is 3.75. The Morgan fingerprint density at radius 3 is 2.53 bits per heavy atom. The van der Waals surface area contributed by atoms with Crippen molar-refractivity contribution < 1.29 is 14.5 Å². The molecule has 0 unspecified atom stereocenters. The number of para-hydroxylation sites is 2. The van der Waals surface area contributed by atoms with E-state index < -0.39 is 4.92 Å². The van der Waals surface area contributed by atoms with Gasteiger partial charge in [-0.3, -0.25) is 19.8 Å². The minimum atomic E-state index is -0.501. The molecular weight excluding hydrogens is 434 g/mol. The molecular formula is C22H22ClN5O4. The van der Waals surface area contributed by atoms with Crippen LogP contribution >= 0.6 is 11.6 Å². The number of nitro groups is 1. The summed E-state index contributed by atoms with van der Waals surface area (Å²) in [6.07, 6.45) is 1.62. The molecule has 9 nitrogen and oxygen atoms in total. The molecule has 1 amide bonds. The Hall–Kier alpha value is -3.43. The van der Waals surface area contributed by atoms with Gasteiger partial charge in [-0.15, -0.1) is 0 Å². The molecule has 0 aliphatic carbocycles. The summed E-state index contributed by atoms with van der Waals surface area (Å²) in [5.74, 6) is 0.00218. The molecule has 2 aromatic carbocycles. The van der Waals surface area contributed by atoms with Crippen LogP contribution in [0.5, 0.6) is 5.75 Å². The number of hydrogen-bond donors (Lipinski definition) is 0. The Morgan fingerprint density at radius 1 is 1.06 bits per heavy atom. The Morgan fingerprint density at radius 2 is 1.78 bits per heavy atom. The van der Waals surface area contributed by atoms with Crippen LogP contribution in [0.25, 0.3) is 0 Å². The summed E-state index contributed by atoms with van der Waals surface area (Å²) >= 11 is 6.25. The zero-order valence-corrected chi connectivity index (χ0v) is 18.0. The van der Waals surface area contributed by atoms with E-state index in [2.05, 4.69) is 10.00 Å². The molecule has 1 aliphatic rings. The van der Waals surface area contributed by atoms with Crippen LogP contribution in [-0.2, 0) is 13.3 Å². The van der Waals surface area contributed by atoms with Gasteiger partial charge >= 0.3 is 5.69 Å². The molecule has 166 valence electrons. The summed E-state index contributed by atoms with van der Waals surface area (Å²) in [4.78, 5) is 27.5. The molecule has 32 heavy (non-hydrogen) atoms. The average Bonchev–Trinajstić information content (AvgIpc) is 3.28. The first-order valence-electron chi connectivity index (χ1n) is 10.2. The number of benzene rings is 2. The number of aromatic nitrogens is 2. The molecule has 2 heterocycles. The van der Waals surface area contributed by atoms with Crippen molar-refractivity contribution in [1.29, 1.82) is 0 Å². The van der Waals surface area contributed by atoms with Crippen molar-refractivity contribution in [3.05, 3.63) is 87.2 Å². The predicted molar refractivity (Wildman–Crippen MR) is 119 cm³/mol. The SMILES string of the molecule is O=C(c1ccn(COc2ccccc2[N+](=O)[O-])n1)N1CCN(Cc2ccccc2Cl)CC1. The van der Waals surface area contributed by atoms with Crippen LogP contribution < -0.4 is 4.74 Å². The van der Waals surface area contributed by atoms with Gasteiger partial charge in [0.05, 0.1) is 4.92 Å². The summed E-state index contributed by atoms with van der Waals surface area (Å²) in [7, 11) is 0. The predicted octanol–water partition coefficient (Wildman–Crippen LogP) is 3.44. The summed E-state index contributed by atoms with van der Waals surface area (Å²) in [6.45, 7) is 3.41. The zero-order valence-electron chi connectivity index (χ0n) is 17.3.